The molecule has 2 amide bonds. The molecule has 2 rings (SSSR count). The van der Waals surface area contributed by atoms with Gasteiger partial charge in [0.15, 0.2) is 22.7 Å². The van der Waals surface area contributed by atoms with Gasteiger partial charge in [-0.1, -0.05) is 67.9 Å². The van der Waals surface area contributed by atoms with E-state index in [1.54, 1.807) is 6.92 Å². The van der Waals surface area contributed by atoms with Crippen molar-refractivity contribution in [2.75, 3.05) is 46.2 Å². The van der Waals surface area contributed by atoms with E-state index in [0.717, 1.165) is 69.5 Å². The lowest BCUT2D eigenvalue weighted by Gasteiger charge is -2.46. The van der Waals surface area contributed by atoms with Gasteiger partial charge in [0.25, 0.3) is 0 Å². The molecular formula is C54H106N2O15Si5. The molecule has 0 saturated heterocycles. The van der Waals surface area contributed by atoms with Crippen LogP contribution in [0.3, 0.4) is 0 Å². The highest BCUT2D eigenvalue weighted by molar-refractivity contribution is 6.90. The molecule has 22 heteroatoms. The van der Waals surface area contributed by atoms with E-state index in [9.17, 15) is 24.0 Å². The van der Waals surface area contributed by atoms with E-state index in [1.807, 2.05) is 0 Å². The quantitative estimate of drug-likeness (QED) is 0.0199. The summed E-state index contributed by atoms with van der Waals surface area (Å²) in [6.07, 6.45) is 8.70. The summed E-state index contributed by atoms with van der Waals surface area (Å²) in [7, 11) is -11.8. The Balaban J connectivity index is 2.08. The number of carbonyl (C=O) groups is 5. The predicted molar refractivity (Wildman–Crippen MR) is 311 cm³/mol. The van der Waals surface area contributed by atoms with Crippen LogP contribution < -0.4 is 10.6 Å². The fraction of sp³-hybridized carbons (Fsp3) is 0.870. The number of rotatable bonds is 35. The van der Waals surface area contributed by atoms with Gasteiger partial charge in [-0.15, -0.1) is 0 Å². The predicted octanol–water partition coefficient (Wildman–Crippen LogP) is 12.2. The Morgan fingerprint density at radius 2 is 1.04 bits per heavy atom. The summed E-state index contributed by atoms with van der Waals surface area (Å²) in [6, 6.07) is 1.61. The van der Waals surface area contributed by atoms with Crippen molar-refractivity contribution in [3.8, 4) is 0 Å². The van der Waals surface area contributed by atoms with Gasteiger partial charge >= 0.3 is 49.8 Å². The van der Waals surface area contributed by atoms with E-state index < -0.39 is 72.5 Å². The molecule has 17 nitrogen and oxygen atoms in total. The van der Waals surface area contributed by atoms with Crippen molar-refractivity contribution in [3.63, 3.8) is 0 Å². The van der Waals surface area contributed by atoms with Gasteiger partial charge in [-0.2, -0.15) is 0 Å². The number of carbonyl (C=O) groups excluding carboxylic acids is 5. The molecule has 5 atom stereocenters. The summed E-state index contributed by atoms with van der Waals surface area (Å²) in [4.78, 5) is 63.1. The molecule has 2 aliphatic carbocycles. The van der Waals surface area contributed by atoms with E-state index in [2.05, 4.69) is 131 Å². The van der Waals surface area contributed by atoms with Crippen LogP contribution in [0, 0.1) is 21.7 Å². The first-order valence-electron chi connectivity index (χ1n) is 28.1. The summed E-state index contributed by atoms with van der Waals surface area (Å²) in [6.45, 7) is 42.5. The Morgan fingerprint density at radius 3 is 1.53 bits per heavy atom. The SMILES string of the molecule is C=CC(=O)OCCOCCOC(=O)NC1CC(C)(C)CC(C)(CCC(=O)OC(COCCC[Si](C)(C)O[Si](C)(C)O[Si](C)(C)O[Si](C)(C)O[Si](C)(C)CCCC)COC(=O)NC2CC(C)(C)CC(C)(CCC(C)=O)C2)C1. The number of alkyl carbamates (subject to hydrolysis) is 2. The number of amides is 2. The van der Waals surface area contributed by atoms with Crippen molar-refractivity contribution >= 4 is 72.2 Å². The minimum absolute atomic E-state index is 0.0340. The van der Waals surface area contributed by atoms with Crippen molar-refractivity contribution in [2.24, 2.45) is 21.7 Å². The summed E-state index contributed by atoms with van der Waals surface area (Å²) in [5, 5.41) is 6.11. The molecule has 0 spiro atoms. The van der Waals surface area contributed by atoms with Gasteiger partial charge in [0.05, 0.1) is 19.8 Å². The molecule has 76 heavy (non-hydrogen) atoms. The van der Waals surface area contributed by atoms with Crippen LogP contribution in [0.15, 0.2) is 12.7 Å². The maximum absolute atomic E-state index is 13.7. The summed E-state index contributed by atoms with van der Waals surface area (Å²) < 4.78 is 60.9. The first kappa shape index (κ1) is 69.8. The molecule has 2 aliphatic rings. The zero-order valence-electron chi connectivity index (χ0n) is 50.7. The number of unbranched alkanes of at least 4 members (excludes halogenated alkanes) is 1. The maximum Gasteiger partial charge on any atom is 0.407 e. The minimum Gasteiger partial charge on any atom is -0.460 e. The molecule has 2 fully saturated rings. The second kappa shape index (κ2) is 30.5. The van der Waals surface area contributed by atoms with Gasteiger partial charge in [-0.05, 0) is 164 Å². The first-order valence-corrected chi connectivity index (χ1v) is 42.8. The highest BCUT2D eigenvalue weighted by Crippen LogP contribution is 2.50. The van der Waals surface area contributed by atoms with Crippen LogP contribution in [0.4, 0.5) is 9.59 Å². The number of ketones is 1. The molecule has 0 radical (unpaired) electrons. The largest absolute Gasteiger partial charge is 0.460 e. The lowest BCUT2D eigenvalue weighted by molar-refractivity contribution is -0.156. The van der Waals surface area contributed by atoms with Crippen molar-refractivity contribution in [3.05, 3.63) is 12.7 Å². The fourth-order valence-electron chi connectivity index (χ4n) is 12.3. The first-order chi connectivity index (χ1) is 34.8. The van der Waals surface area contributed by atoms with Crippen LogP contribution in [0.1, 0.15) is 139 Å². The van der Waals surface area contributed by atoms with E-state index >= 15 is 0 Å². The minimum atomic E-state index is -2.61. The van der Waals surface area contributed by atoms with Gasteiger partial charge in [-0.25, -0.2) is 14.4 Å². The van der Waals surface area contributed by atoms with Crippen LogP contribution in [0.25, 0.3) is 0 Å². The van der Waals surface area contributed by atoms with Gasteiger partial charge < -0.3 is 60.3 Å². The molecule has 0 aliphatic heterocycles. The highest BCUT2D eigenvalue weighted by Gasteiger charge is 2.47. The third-order valence-corrected chi connectivity index (χ3v) is 33.2. The molecule has 0 bridgehead atoms. The molecule has 0 aromatic heterocycles. The fourth-order valence-corrected chi connectivity index (χ4v) is 37.1. The Kier molecular flexibility index (Phi) is 28.0. The van der Waals surface area contributed by atoms with Gasteiger partial charge in [0.2, 0.25) is 0 Å². The van der Waals surface area contributed by atoms with E-state index in [-0.39, 0.29) is 85.6 Å². The Labute approximate surface area is 464 Å². The molecule has 442 valence electrons. The number of Topliss-reactive ketones (excluding diaryl/α,β-unsaturated/α-hetero) is 1. The van der Waals surface area contributed by atoms with Gasteiger partial charge in [0.1, 0.15) is 25.6 Å². The third-order valence-electron chi connectivity index (χ3n) is 13.9. The summed E-state index contributed by atoms with van der Waals surface area (Å²) in [5.74, 6) is -0.799. The smallest absolute Gasteiger partial charge is 0.407 e. The maximum atomic E-state index is 13.7. The zero-order valence-corrected chi connectivity index (χ0v) is 55.7. The molecule has 0 aromatic carbocycles. The van der Waals surface area contributed by atoms with E-state index in [1.165, 1.54) is 0 Å². The van der Waals surface area contributed by atoms with E-state index in [0.29, 0.717) is 32.3 Å². The van der Waals surface area contributed by atoms with Crippen LogP contribution in [0.2, 0.25) is 77.6 Å². The molecule has 0 heterocycles. The number of ether oxygens (including phenoxy) is 6. The Hall–Kier alpha value is -2.27. The van der Waals surface area contributed by atoms with Crippen LogP contribution in [-0.4, -0.2) is 137 Å². The van der Waals surface area contributed by atoms with Crippen molar-refractivity contribution in [1.29, 1.82) is 0 Å². The van der Waals surface area contributed by atoms with Gasteiger partial charge in [0, 0.05) is 37.6 Å². The zero-order chi connectivity index (χ0) is 57.9. The monoisotopic (exact) mass is 1160 g/mol. The standard InChI is InChI=1S/C54H106N2O15Si5/c1-20-22-33-72(10,11)68-74(14,15)70-76(18,19)71-75(16,17)69-73(12,13)34-23-28-63-39-46(40-66-50(61)56-45-36-51(4,5)41-53(8,37-45)26-24-43(3)57)67-48(59)25-27-54(9)38-44(35-52(6,7)42-54)55-49(60)65-32-30-62-29-31-64-47(58)21-2/h21,44-46H,2,20,22-42H2,1,3-19H3,(H,55,60)(H,56,61). The van der Waals surface area contributed by atoms with Crippen LogP contribution in [-0.2, 0) is 59.3 Å². The topological polar surface area (TPSA) is 202 Å². The molecule has 2 saturated carbocycles. The molecule has 5 unspecified atom stereocenters. The Bertz CT molecular complexity index is 1870. The number of hydrogen-bond acceptors (Lipinski definition) is 15. The molecule has 0 aromatic rings. The average molecular weight is 1160 g/mol. The third kappa shape index (κ3) is 30.4. The second-order valence-corrected chi connectivity index (χ2v) is 46.4. The number of esters is 2. The lowest BCUT2D eigenvalue weighted by Crippen LogP contribution is -2.58. The Morgan fingerprint density at radius 1 is 0.579 bits per heavy atom. The van der Waals surface area contributed by atoms with E-state index in [4.69, 9.17) is 44.9 Å². The lowest BCUT2D eigenvalue weighted by atomic mass is 9.61. The summed E-state index contributed by atoms with van der Waals surface area (Å²) in [5.41, 5.74) is -0.579. The molecule has 2 N–H and O–H groups in total. The summed E-state index contributed by atoms with van der Waals surface area (Å²) >= 11 is 0. The highest BCUT2D eigenvalue weighted by atomic mass is 28.5. The normalized spacial score (nSPS) is 22.4. The van der Waals surface area contributed by atoms with Crippen LogP contribution in [0.5, 0.6) is 0 Å². The van der Waals surface area contributed by atoms with Crippen LogP contribution >= 0.6 is 0 Å². The number of hydrogen-bond donors (Lipinski definition) is 2. The average Bonchev–Trinajstić information content (AvgIpc) is 3.22. The van der Waals surface area contributed by atoms with Gasteiger partial charge in [-0.3, -0.25) is 4.79 Å². The second-order valence-electron chi connectivity index (χ2n) is 26.7. The van der Waals surface area contributed by atoms with Crippen molar-refractivity contribution < 1.29 is 68.9 Å². The number of nitrogens with one attached hydrogen (secondary N) is 2. The van der Waals surface area contributed by atoms with Crippen molar-refractivity contribution in [2.45, 2.75) is 235 Å². The molecular weight excluding hydrogens is 1060 g/mol. The van der Waals surface area contributed by atoms with Crippen molar-refractivity contribution in [1.82, 2.24) is 10.6 Å².